The first-order chi connectivity index (χ1) is 12.0. The third-order valence-corrected chi connectivity index (χ3v) is 5.20. The minimum Gasteiger partial charge on any atom is -0.497 e. The maximum absolute atomic E-state index is 10.6. The topological polar surface area (TPSA) is 84.0 Å². The number of hydrogen-bond donors (Lipinski definition) is 2. The molecule has 0 aliphatic carbocycles. The zero-order valence-electron chi connectivity index (χ0n) is 13.4. The summed E-state index contributed by atoms with van der Waals surface area (Å²) in [5.74, 6) is -0.0767. The van der Waals surface area contributed by atoms with Gasteiger partial charge in [0.25, 0.3) is 0 Å². The molecule has 8 heteroatoms. The first-order valence-electron chi connectivity index (χ1n) is 7.58. The van der Waals surface area contributed by atoms with E-state index in [0.717, 1.165) is 22.6 Å². The number of aromatic hydroxyl groups is 1. The van der Waals surface area contributed by atoms with Crippen molar-refractivity contribution in [2.75, 3.05) is 7.11 Å². The van der Waals surface area contributed by atoms with Gasteiger partial charge < -0.3 is 14.9 Å². The van der Waals surface area contributed by atoms with Crippen LogP contribution in [0.3, 0.4) is 0 Å². The van der Waals surface area contributed by atoms with Crippen molar-refractivity contribution < 1.29 is 19.7 Å². The molecule has 0 unspecified atom stereocenters. The Labute approximate surface area is 153 Å². The fourth-order valence-corrected chi connectivity index (χ4v) is 3.86. The van der Waals surface area contributed by atoms with Crippen LogP contribution < -0.4 is 4.74 Å². The largest absolute Gasteiger partial charge is 0.497 e. The van der Waals surface area contributed by atoms with E-state index in [9.17, 15) is 9.90 Å². The third kappa shape index (κ3) is 3.64. The molecule has 25 heavy (non-hydrogen) atoms. The number of thiazole rings is 1. The Morgan fingerprint density at radius 3 is 3.00 bits per heavy atom. The molecule has 3 rings (SSSR count). The molecule has 1 aliphatic rings. The maximum atomic E-state index is 10.6. The second-order valence-electron chi connectivity index (χ2n) is 5.45. The van der Waals surface area contributed by atoms with Crippen molar-refractivity contribution in [3.8, 4) is 11.6 Å². The number of aliphatic carboxylic acids is 1. The smallest absolute Gasteiger partial charge is 0.303 e. The van der Waals surface area contributed by atoms with E-state index in [2.05, 4.69) is 4.99 Å². The summed E-state index contributed by atoms with van der Waals surface area (Å²) in [5.41, 5.74) is 2.63. The maximum Gasteiger partial charge on any atom is 0.303 e. The molecule has 2 N–H and O–H groups in total. The van der Waals surface area contributed by atoms with Gasteiger partial charge in [0.1, 0.15) is 5.75 Å². The van der Waals surface area contributed by atoms with Gasteiger partial charge in [0.2, 0.25) is 5.88 Å². The van der Waals surface area contributed by atoms with Crippen LogP contribution in [-0.4, -0.2) is 34.1 Å². The van der Waals surface area contributed by atoms with Crippen LogP contribution >= 0.6 is 23.6 Å². The summed E-state index contributed by atoms with van der Waals surface area (Å²) in [6.07, 6.45) is 4.01. The van der Waals surface area contributed by atoms with Gasteiger partial charge in [-0.1, -0.05) is 0 Å². The summed E-state index contributed by atoms with van der Waals surface area (Å²) in [5, 5.41) is 19.2. The lowest BCUT2D eigenvalue weighted by atomic mass is 10.1. The number of nitrogens with zero attached hydrogens (tertiary/aromatic N) is 2. The molecule has 2 heterocycles. The minimum absolute atomic E-state index is 0.0350. The highest BCUT2D eigenvalue weighted by Crippen LogP contribution is 2.37. The number of fused-ring (bicyclic) bond motifs is 1. The SMILES string of the molecule is COc1ccc2c(c1)C(=Cc1sc(=S)n(CCCC(=O)O)c1O)C=N2. The second-order valence-corrected chi connectivity index (χ2v) is 7.12. The zero-order chi connectivity index (χ0) is 18.0. The van der Waals surface area contributed by atoms with Crippen LogP contribution in [0.25, 0.3) is 11.6 Å². The highest BCUT2D eigenvalue weighted by atomic mass is 32.1. The average molecular weight is 376 g/mol. The van der Waals surface area contributed by atoms with E-state index in [1.54, 1.807) is 17.9 Å². The molecule has 0 fully saturated rings. The number of methoxy groups -OCH3 is 1. The Balaban J connectivity index is 1.90. The van der Waals surface area contributed by atoms with Crippen LogP contribution in [0.4, 0.5) is 5.69 Å². The predicted octanol–water partition coefficient (Wildman–Crippen LogP) is 4.11. The molecule has 130 valence electrons. The number of ether oxygens (including phenoxy) is 1. The van der Waals surface area contributed by atoms with Crippen LogP contribution in [0.2, 0.25) is 0 Å². The molecule has 0 amide bonds. The quantitative estimate of drug-likeness (QED) is 0.741. The number of carbonyl (C=O) groups is 1. The van der Waals surface area contributed by atoms with Crippen LogP contribution in [0.5, 0.6) is 11.6 Å². The molecule has 2 aromatic rings. The van der Waals surface area contributed by atoms with E-state index in [4.69, 9.17) is 22.1 Å². The van der Waals surface area contributed by atoms with Crippen molar-refractivity contribution in [1.82, 2.24) is 4.57 Å². The summed E-state index contributed by atoms with van der Waals surface area (Å²) < 4.78 is 7.32. The van der Waals surface area contributed by atoms with Crippen LogP contribution in [-0.2, 0) is 11.3 Å². The molecule has 6 nitrogen and oxygen atoms in total. The van der Waals surface area contributed by atoms with E-state index in [-0.39, 0.29) is 12.3 Å². The van der Waals surface area contributed by atoms with Gasteiger partial charge in [-0.3, -0.25) is 14.4 Å². The van der Waals surface area contributed by atoms with Gasteiger partial charge in [-0.2, -0.15) is 0 Å². The number of aliphatic imine (C=N–C) groups is 1. The Morgan fingerprint density at radius 2 is 2.28 bits per heavy atom. The van der Waals surface area contributed by atoms with Gasteiger partial charge in [0, 0.05) is 30.3 Å². The number of carboxylic acids is 1. The van der Waals surface area contributed by atoms with Gasteiger partial charge in [0.05, 0.1) is 17.7 Å². The molecular formula is C17H16N2O4S2. The molecule has 0 atom stereocenters. The first kappa shape index (κ1) is 17.4. The number of aromatic nitrogens is 1. The highest BCUT2D eigenvalue weighted by molar-refractivity contribution is 7.73. The first-order valence-corrected chi connectivity index (χ1v) is 8.80. The van der Waals surface area contributed by atoms with Gasteiger partial charge in [0.15, 0.2) is 3.95 Å². The lowest BCUT2D eigenvalue weighted by Crippen LogP contribution is -2.01. The molecule has 1 aromatic carbocycles. The van der Waals surface area contributed by atoms with E-state index >= 15 is 0 Å². The van der Waals surface area contributed by atoms with Crippen LogP contribution in [0.15, 0.2) is 23.2 Å². The van der Waals surface area contributed by atoms with Crippen molar-refractivity contribution in [3.05, 3.63) is 32.6 Å². The van der Waals surface area contributed by atoms with E-state index < -0.39 is 5.97 Å². The number of benzene rings is 1. The molecule has 0 saturated heterocycles. The number of hydrogen-bond acceptors (Lipinski definition) is 6. The fourth-order valence-electron chi connectivity index (χ4n) is 2.54. The van der Waals surface area contributed by atoms with Gasteiger partial charge in [-0.15, -0.1) is 11.3 Å². The van der Waals surface area contributed by atoms with Crippen molar-refractivity contribution >= 4 is 53.1 Å². The van der Waals surface area contributed by atoms with Crippen molar-refractivity contribution in [1.29, 1.82) is 0 Å². The van der Waals surface area contributed by atoms with Crippen LogP contribution in [0.1, 0.15) is 23.3 Å². The fraction of sp³-hybridized carbons (Fsp3) is 0.235. The molecule has 0 bridgehead atoms. The summed E-state index contributed by atoms with van der Waals surface area (Å²) >= 11 is 6.57. The normalized spacial score (nSPS) is 14.0. The van der Waals surface area contributed by atoms with Gasteiger partial charge in [-0.25, -0.2) is 0 Å². The number of rotatable bonds is 6. The summed E-state index contributed by atoms with van der Waals surface area (Å²) in [7, 11) is 1.61. The van der Waals surface area contributed by atoms with Crippen molar-refractivity contribution in [3.63, 3.8) is 0 Å². The zero-order valence-corrected chi connectivity index (χ0v) is 15.1. The summed E-state index contributed by atoms with van der Waals surface area (Å²) in [4.78, 5) is 15.6. The third-order valence-electron chi connectivity index (χ3n) is 3.81. The lowest BCUT2D eigenvalue weighted by molar-refractivity contribution is -0.137. The molecule has 1 aromatic heterocycles. The lowest BCUT2D eigenvalue weighted by Gasteiger charge is -2.04. The molecule has 0 spiro atoms. The van der Waals surface area contributed by atoms with Crippen molar-refractivity contribution in [2.45, 2.75) is 19.4 Å². The Morgan fingerprint density at radius 1 is 1.48 bits per heavy atom. The second kappa shape index (κ2) is 7.20. The van der Waals surface area contributed by atoms with Gasteiger partial charge >= 0.3 is 5.97 Å². The Bertz CT molecular complexity index is 941. The van der Waals surface area contributed by atoms with E-state index in [1.807, 2.05) is 24.3 Å². The number of allylic oxidation sites excluding steroid dienone is 1. The van der Waals surface area contributed by atoms with E-state index in [0.29, 0.717) is 21.8 Å². The van der Waals surface area contributed by atoms with E-state index in [1.165, 1.54) is 11.3 Å². The minimum atomic E-state index is -0.865. The van der Waals surface area contributed by atoms with Crippen molar-refractivity contribution in [2.24, 2.45) is 4.99 Å². The van der Waals surface area contributed by atoms with Gasteiger partial charge in [-0.05, 0) is 42.9 Å². The molecular weight excluding hydrogens is 360 g/mol. The predicted molar refractivity (Wildman–Crippen MR) is 101 cm³/mol. The van der Waals surface area contributed by atoms with Crippen LogP contribution in [0, 0.1) is 3.95 Å². The summed E-state index contributed by atoms with van der Waals surface area (Å²) in [6, 6.07) is 5.62. The Kier molecular flexibility index (Phi) is 5.00. The monoisotopic (exact) mass is 376 g/mol. The molecule has 1 aliphatic heterocycles. The highest BCUT2D eigenvalue weighted by Gasteiger charge is 2.16. The summed E-state index contributed by atoms with van der Waals surface area (Å²) in [6.45, 7) is 0.370. The number of carboxylic acid groups (broad SMARTS) is 1. The molecule has 0 saturated carbocycles. The average Bonchev–Trinajstić information content (AvgIpc) is 3.10. The molecule has 0 radical (unpaired) electrons. The standard InChI is InChI=1S/C17H16N2O4S2/c1-23-11-4-5-13-12(8-11)10(9-18-13)7-14-16(22)19(17(24)25-14)6-2-3-15(20)21/h4-5,7-9,22H,2-3,6H2,1H3,(H,20,21). The Hall–Kier alpha value is -2.45.